The summed E-state index contributed by atoms with van der Waals surface area (Å²) in [5.74, 6) is -0.932. The Morgan fingerprint density at radius 2 is 2.00 bits per heavy atom. The molecule has 1 amide bonds. The summed E-state index contributed by atoms with van der Waals surface area (Å²) in [6.07, 6.45) is 0. The normalized spacial score (nSPS) is 11.9. The van der Waals surface area contributed by atoms with Gasteiger partial charge >= 0.3 is 0 Å². The van der Waals surface area contributed by atoms with E-state index >= 15 is 0 Å². The lowest BCUT2D eigenvalue weighted by atomic mass is 10.1. The molecule has 0 unspecified atom stereocenters. The molecule has 0 fully saturated rings. The minimum absolute atomic E-state index is 0.0282. The van der Waals surface area contributed by atoms with E-state index in [2.05, 4.69) is 21.2 Å². The van der Waals surface area contributed by atoms with Crippen LogP contribution in [-0.4, -0.2) is 5.91 Å². The molecule has 0 saturated carbocycles. The fourth-order valence-electron chi connectivity index (χ4n) is 1.85. The molecule has 20 heavy (non-hydrogen) atoms. The number of hydrogen-bond acceptors (Lipinski definition) is 2. The van der Waals surface area contributed by atoms with E-state index in [1.165, 1.54) is 12.1 Å². The van der Waals surface area contributed by atoms with E-state index in [-0.39, 0.29) is 23.2 Å². The maximum absolute atomic E-state index is 13.4. The third kappa shape index (κ3) is 3.17. The highest BCUT2D eigenvalue weighted by atomic mass is 79.9. The van der Waals surface area contributed by atoms with E-state index in [0.717, 1.165) is 16.1 Å². The van der Waals surface area contributed by atoms with Gasteiger partial charge in [0.05, 0.1) is 11.7 Å². The van der Waals surface area contributed by atoms with Gasteiger partial charge in [-0.05, 0) is 36.8 Å². The highest BCUT2D eigenvalue weighted by Crippen LogP contribution is 2.23. The Labute approximate surface area is 125 Å². The summed E-state index contributed by atoms with van der Waals surface area (Å²) in [6, 6.07) is 11.4. The largest absolute Gasteiger partial charge is 0.396 e. The molecule has 104 valence electrons. The number of nitrogens with one attached hydrogen (secondary N) is 1. The minimum Gasteiger partial charge on any atom is -0.396 e. The topological polar surface area (TPSA) is 55.1 Å². The summed E-state index contributed by atoms with van der Waals surface area (Å²) in [7, 11) is 0. The van der Waals surface area contributed by atoms with E-state index in [1.807, 2.05) is 31.2 Å². The number of amides is 1. The SMILES string of the molecule is C[C@@H](NC(=O)c1ccc(N)c(F)c1)c1ccccc1Br. The number of carbonyl (C=O) groups excluding carboxylic acids is 1. The number of nitrogens with two attached hydrogens (primary N) is 1. The van der Waals surface area contributed by atoms with E-state index in [9.17, 15) is 9.18 Å². The summed E-state index contributed by atoms with van der Waals surface area (Å²) >= 11 is 3.44. The van der Waals surface area contributed by atoms with Crippen LogP contribution in [0.25, 0.3) is 0 Å². The maximum atomic E-state index is 13.4. The number of nitrogen functional groups attached to an aromatic ring is 1. The van der Waals surface area contributed by atoms with Crippen LogP contribution < -0.4 is 11.1 Å². The second-order valence-corrected chi connectivity index (χ2v) is 5.31. The van der Waals surface area contributed by atoms with Crippen molar-refractivity contribution < 1.29 is 9.18 Å². The predicted molar refractivity (Wildman–Crippen MR) is 80.8 cm³/mol. The summed E-state index contributed by atoms with van der Waals surface area (Å²) < 4.78 is 14.3. The van der Waals surface area contributed by atoms with Crippen LogP contribution in [0.1, 0.15) is 28.9 Å². The average Bonchev–Trinajstić information content (AvgIpc) is 2.42. The highest BCUT2D eigenvalue weighted by Gasteiger charge is 2.14. The van der Waals surface area contributed by atoms with Crippen LogP contribution in [0.3, 0.4) is 0 Å². The lowest BCUT2D eigenvalue weighted by Gasteiger charge is -2.16. The molecule has 0 radical (unpaired) electrons. The van der Waals surface area contributed by atoms with Crippen molar-refractivity contribution in [3.05, 3.63) is 63.9 Å². The van der Waals surface area contributed by atoms with Crippen molar-refractivity contribution in [1.29, 1.82) is 0 Å². The van der Waals surface area contributed by atoms with Crippen LogP contribution in [-0.2, 0) is 0 Å². The quantitative estimate of drug-likeness (QED) is 0.840. The van der Waals surface area contributed by atoms with Crippen LogP contribution >= 0.6 is 15.9 Å². The first kappa shape index (κ1) is 14.5. The van der Waals surface area contributed by atoms with Gasteiger partial charge < -0.3 is 11.1 Å². The molecule has 0 aliphatic rings. The second-order valence-electron chi connectivity index (χ2n) is 4.45. The zero-order valence-corrected chi connectivity index (χ0v) is 12.4. The molecule has 3 N–H and O–H groups in total. The molecular formula is C15H14BrFN2O. The van der Waals surface area contributed by atoms with Gasteiger partial charge in [0.1, 0.15) is 5.82 Å². The standard InChI is InChI=1S/C15H14BrFN2O/c1-9(11-4-2-3-5-12(11)16)19-15(20)10-6-7-14(18)13(17)8-10/h2-9H,18H2,1H3,(H,19,20)/t9-/m1/s1. The zero-order valence-electron chi connectivity index (χ0n) is 10.9. The maximum Gasteiger partial charge on any atom is 0.251 e. The molecule has 0 aliphatic carbocycles. The lowest BCUT2D eigenvalue weighted by molar-refractivity contribution is 0.0939. The summed E-state index contributed by atoms with van der Waals surface area (Å²) in [6.45, 7) is 1.87. The summed E-state index contributed by atoms with van der Waals surface area (Å²) in [5, 5.41) is 2.82. The van der Waals surface area contributed by atoms with Crippen molar-refractivity contribution in [2.24, 2.45) is 0 Å². The molecular weight excluding hydrogens is 323 g/mol. The van der Waals surface area contributed by atoms with Gasteiger partial charge in [0.2, 0.25) is 0 Å². The molecule has 2 aromatic carbocycles. The van der Waals surface area contributed by atoms with Crippen LogP contribution in [0.15, 0.2) is 46.9 Å². The van der Waals surface area contributed by atoms with Gasteiger partial charge in [0, 0.05) is 10.0 Å². The first-order valence-electron chi connectivity index (χ1n) is 6.09. The van der Waals surface area contributed by atoms with Crippen LogP contribution in [0, 0.1) is 5.82 Å². The van der Waals surface area contributed by atoms with Gasteiger partial charge in [-0.1, -0.05) is 34.1 Å². The van der Waals surface area contributed by atoms with Crippen LogP contribution in [0.2, 0.25) is 0 Å². The van der Waals surface area contributed by atoms with Crippen LogP contribution in [0.5, 0.6) is 0 Å². The van der Waals surface area contributed by atoms with Gasteiger partial charge in [-0.25, -0.2) is 4.39 Å². The first-order chi connectivity index (χ1) is 9.49. The number of anilines is 1. The van der Waals surface area contributed by atoms with E-state index < -0.39 is 5.82 Å². The Hall–Kier alpha value is -1.88. The van der Waals surface area contributed by atoms with Crippen molar-refractivity contribution in [2.75, 3.05) is 5.73 Å². The number of halogens is 2. The van der Waals surface area contributed by atoms with Gasteiger partial charge in [-0.3, -0.25) is 4.79 Å². The van der Waals surface area contributed by atoms with Gasteiger partial charge in [0.15, 0.2) is 0 Å². The highest BCUT2D eigenvalue weighted by molar-refractivity contribution is 9.10. The first-order valence-corrected chi connectivity index (χ1v) is 6.88. The van der Waals surface area contributed by atoms with Crippen molar-refractivity contribution in [1.82, 2.24) is 5.32 Å². The third-order valence-electron chi connectivity index (χ3n) is 2.98. The predicted octanol–water partition coefficient (Wildman–Crippen LogP) is 3.66. The van der Waals surface area contributed by atoms with Crippen molar-refractivity contribution in [2.45, 2.75) is 13.0 Å². The molecule has 0 spiro atoms. The Morgan fingerprint density at radius 1 is 1.30 bits per heavy atom. The van der Waals surface area contributed by atoms with E-state index in [0.29, 0.717) is 0 Å². The molecule has 1 atom stereocenters. The lowest BCUT2D eigenvalue weighted by Crippen LogP contribution is -2.27. The minimum atomic E-state index is -0.591. The fraction of sp³-hybridized carbons (Fsp3) is 0.133. The molecule has 3 nitrogen and oxygen atoms in total. The molecule has 2 aromatic rings. The molecule has 0 aromatic heterocycles. The number of hydrogen-bond donors (Lipinski definition) is 2. The second kappa shape index (κ2) is 6.05. The monoisotopic (exact) mass is 336 g/mol. The molecule has 0 aliphatic heterocycles. The smallest absolute Gasteiger partial charge is 0.251 e. The number of benzene rings is 2. The molecule has 0 bridgehead atoms. The zero-order chi connectivity index (χ0) is 14.7. The van der Waals surface area contributed by atoms with Crippen molar-refractivity contribution in [3.63, 3.8) is 0 Å². The van der Waals surface area contributed by atoms with Crippen molar-refractivity contribution >= 4 is 27.5 Å². The Morgan fingerprint density at radius 3 is 2.65 bits per heavy atom. The molecule has 0 saturated heterocycles. The molecule has 5 heteroatoms. The summed E-state index contributed by atoms with van der Waals surface area (Å²) in [4.78, 5) is 12.1. The van der Waals surface area contributed by atoms with Crippen LogP contribution in [0.4, 0.5) is 10.1 Å². The number of carbonyl (C=O) groups is 1. The molecule has 2 rings (SSSR count). The van der Waals surface area contributed by atoms with Gasteiger partial charge in [0.25, 0.3) is 5.91 Å². The Kier molecular flexibility index (Phi) is 4.39. The molecule has 0 heterocycles. The number of rotatable bonds is 3. The average molecular weight is 337 g/mol. The summed E-state index contributed by atoms with van der Waals surface area (Å²) in [5.41, 5.74) is 6.62. The van der Waals surface area contributed by atoms with E-state index in [4.69, 9.17) is 5.73 Å². The Balaban J connectivity index is 2.15. The van der Waals surface area contributed by atoms with Gasteiger partial charge in [-0.15, -0.1) is 0 Å². The van der Waals surface area contributed by atoms with Crippen molar-refractivity contribution in [3.8, 4) is 0 Å². The Bertz CT molecular complexity index is 646. The third-order valence-corrected chi connectivity index (χ3v) is 3.70. The van der Waals surface area contributed by atoms with E-state index in [1.54, 1.807) is 0 Å². The van der Waals surface area contributed by atoms with Gasteiger partial charge in [-0.2, -0.15) is 0 Å². The fourth-order valence-corrected chi connectivity index (χ4v) is 2.48.